The lowest BCUT2D eigenvalue weighted by atomic mass is 10.2. The highest BCUT2D eigenvalue weighted by Gasteiger charge is 2.19. The zero-order chi connectivity index (χ0) is 23.4. The second-order valence-corrected chi connectivity index (χ2v) is 8.07. The molecule has 0 bridgehead atoms. The summed E-state index contributed by atoms with van der Waals surface area (Å²) in [7, 11) is 3.02. The van der Waals surface area contributed by atoms with Gasteiger partial charge in [-0.05, 0) is 30.9 Å². The van der Waals surface area contributed by atoms with Crippen LogP contribution in [0.4, 0.5) is 0 Å². The van der Waals surface area contributed by atoms with Crippen LogP contribution in [0.1, 0.15) is 31.8 Å². The van der Waals surface area contributed by atoms with Gasteiger partial charge in [0.2, 0.25) is 0 Å². The minimum atomic E-state index is -0.675. The molecular formula is C22H22N4O6S. The molecule has 10 nitrogen and oxygen atoms in total. The summed E-state index contributed by atoms with van der Waals surface area (Å²) < 4.78 is 23.0. The van der Waals surface area contributed by atoms with Crippen molar-refractivity contribution in [1.82, 2.24) is 19.7 Å². The average Bonchev–Trinajstić information content (AvgIpc) is 3.52. The van der Waals surface area contributed by atoms with Gasteiger partial charge in [-0.15, -0.1) is 21.5 Å². The van der Waals surface area contributed by atoms with Crippen molar-refractivity contribution in [3.8, 4) is 22.3 Å². The normalized spacial score (nSPS) is 12.0. The number of carbonyl (C=O) groups excluding carboxylic acids is 1. The van der Waals surface area contributed by atoms with E-state index in [0.29, 0.717) is 41.3 Å². The number of methoxy groups -OCH3 is 2. The predicted molar refractivity (Wildman–Crippen MR) is 120 cm³/mol. The van der Waals surface area contributed by atoms with Crippen LogP contribution in [-0.2, 0) is 16.1 Å². The molecule has 0 aliphatic heterocycles. The van der Waals surface area contributed by atoms with Crippen LogP contribution in [0, 0.1) is 0 Å². The molecule has 3 aromatic heterocycles. The number of benzene rings is 1. The van der Waals surface area contributed by atoms with Gasteiger partial charge in [0.25, 0.3) is 17.3 Å². The fourth-order valence-corrected chi connectivity index (χ4v) is 3.89. The maximum Gasteiger partial charge on any atom is 0.306 e. The lowest BCUT2D eigenvalue weighted by Crippen LogP contribution is -2.21. The summed E-state index contributed by atoms with van der Waals surface area (Å²) >= 11 is 1.48. The van der Waals surface area contributed by atoms with E-state index in [-0.39, 0.29) is 17.9 Å². The van der Waals surface area contributed by atoms with Gasteiger partial charge in [-0.3, -0.25) is 14.2 Å². The van der Waals surface area contributed by atoms with E-state index in [1.807, 2.05) is 17.5 Å². The highest BCUT2D eigenvalue weighted by molar-refractivity contribution is 7.13. The third kappa shape index (κ3) is 4.87. The first-order valence-corrected chi connectivity index (χ1v) is 11.1. The predicted octanol–water partition coefficient (Wildman–Crippen LogP) is 3.61. The summed E-state index contributed by atoms with van der Waals surface area (Å²) in [6.45, 7) is 1.98. The van der Waals surface area contributed by atoms with E-state index >= 15 is 0 Å². The number of ether oxygens (including phenoxy) is 3. The zero-order valence-corrected chi connectivity index (χ0v) is 19.1. The fourth-order valence-electron chi connectivity index (χ4n) is 3.24. The van der Waals surface area contributed by atoms with Crippen LogP contribution >= 0.6 is 11.3 Å². The Hall–Kier alpha value is -3.73. The van der Waals surface area contributed by atoms with Crippen LogP contribution in [0.15, 0.2) is 45.2 Å². The van der Waals surface area contributed by atoms with Gasteiger partial charge in [0.1, 0.15) is 0 Å². The van der Waals surface area contributed by atoms with Crippen molar-refractivity contribution in [3.63, 3.8) is 0 Å². The summed E-state index contributed by atoms with van der Waals surface area (Å²) in [4.78, 5) is 30.2. The maximum absolute atomic E-state index is 12.8. The largest absolute Gasteiger partial charge is 0.493 e. The minimum absolute atomic E-state index is 0.118. The Bertz CT molecular complexity index is 1310. The van der Waals surface area contributed by atoms with Gasteiger partial charge in [-0.2, -0.15) is 0 Å². The Morgan fingerprint density at radius 2 is 2.00 bits per heavy atom. The Morgan fingerprint density at radius 3 is 2.73 bits per heavy atom. The third-order valence-electron chi connectivity index (χ3n) is 4.94. The highest BCUT2D eigenvalue weighted by atomic mass is 32.1. The molecule has 0 N–H and O–H groups in total. The van der Waals surface area contributed by atoms with Crippen molar-refractivity contribution in [2.45, 2.75) is 32.4 Å². The summed E-state index contributed by atoms with van der Waals surface area (Å²) in [6.07, 6.45) is 1.30. The minimum Gasteiger partial charge on any atom is -0.493 e. The van der Waals surface area contributed by atoms with Gasteiger partial charge >= 0.3 is 5.97 Å². The monoisotopic (exact) mass is 470 g/mol. The number of nitrogens with zero attached hydrogens (tertiary/aromatic N) is 4. The number of aryl methyl sites for hydroxylation is 1. The molecule has 3 heterocycles. The molecule has 11 heteroatoms. The lowest BCUT2D eigenvalue weighted by molar-refractivity contribution is -0.149. The summed E-state index contributed by atoms with van der Waals surface area (Å²) in [5, 5.41) is 10.3. The molecule has 1 aromatic carbocycles. The van der Waals surface area contributed by atoms with Gasteiger partial charge in [0.05, 0.1) is 36.3 Å². The van der Waals surface area contributed by atoms with Gasteiger partial charge in [-0.25, -0.2) is 4.98 Å². The Kier molecular flexibility index (Phi) is 6.68. The third-order valence-corrected chi connectivity index (χ3v) is 5.80. The van der Waals surface area contributed by atoms with Crippen molar-refractivity contribution in [1.29, 1.82) is 0 Å². The number of esters is 1. The van der Waals surface area contributed by atoms with Crippen molar-refractivity contribution >= 4 is 28.2 Å². The summed E-state index contributed by atoms with van der Waals surface area (Å²) in [5.74, 6) is 1.13. The number of rotatable bonds is 9. The van der Waals surface area contributed by atoms with Crippen LogP contribution in [0.5, 0.6) is 11.5 Å². The SMILES string of the molecule is COc1cc2ncn(CCCC(=O)OC(C)c3nnc(-c4cccs4)o3)c(=O)c2cc1OC. The van der Waals surface area contributed by atoms with E-state index < -0.39 is 12.1 Å². The molecule has 0 saturated heterocycles. The van der Waals surface area contributed by atoms with E-state index in [4.69, 9.17) is 18.6 Å². The van der Waals surface area contributed by atoms with Gasteiger partial charge in [0.15, 0.2) is 17.6 Å². The zero-order valence-electron chi connectivity index (χ0n) is 18.3. The van der Waals surface area contributed by atoms with E-state index in [0.717, 1.165) is 4.88 Å². The van der Waals surface area contributed by atoms with Crippen molar-refractivity contribution in [2.24, 2.45) is 0 Å². The molecule has 4 rings (SSSR count). The Morgan fingerprint density at radius 1 is 1.21 bits per heavy atom. The van der Waals surface area contributed by atoms with E-state index in [2.05, 4.69) is 15.2 Å². The van der Waals surface area contributed by atoms with Gasteiger partial charge in [-0.1, -0.05) is 6.07 Å². The number of hydrogen-bond acceptors (Lipinski definition) is 10. The van der Waals surface area contributed by atoms with Crippen LogP contribution in [-0.4, -0.2) is 39.9 Å². The highest BCUT2D eigenvalue weighted by Crippen LogP contribution is 2.30. The molecular weight excluding hydrogens is 448 g/mol. The average molecular weight is 471 g/mol. The Balaban J connectivity index is 1.35. The molecule has 172 valence electrons. The van der Waals surface area contributed by atoms with Crippen molar-refractivity contribution in [3.05, 3.63) is 52.2 Å². The number of fused-ring (bicyclic) bond motifs is 1. The van der Waals surface area contributed by atoms with Crippen molar-refractivity contribution < 1.29 is 23.4 Å². The number of hydrogen-bond donors (Lipinski definition) is 0. The number of thiophene rings is 1. The molecule has 0 aliphatic rings. The summed E-state index contributed by atoms with van der Waals surface area (Å²) in [5.41, 5.74) is 0.276. The lowest BCUT2D eigenvalue weighted by Gasteiger charge is -2.11. The van der Waals surface area contributed by atoms with E-state index in [1.54, 1.807) is 19.1 Å². The van der Waals surface area contributed by atoms with E-state index in [9.17, 15) is 9.59 Å². The quantitative estimate of drug-likeness (QED) is 0.338. The molecule has 0 fully saturated rings. The standard InChI is InChI=1S/C22H22N4O6S/c1-13(20-24-25-21(32-20)18-6-5-9-33-18)31-19(27)7-4-8-26-12-23-15-11-17(30-3)16(29-2)10-14(15)22(26)28/h5-6,9-13H,4,7-8H2,1-3H3. The first-order chi connectivity index (χ1) is 16.0. The number of aromatic nitrogens is 4. The first kappa shape index (κ1) is 22.5. The summed E-state index contributed by atoms with van der Waals surface area (Å²) in [6, 6.07) is 7.01. The molecule has 0 amide bonds. The molecule has 1 unspecified atom stereocenters. The molecule has 0 saturated carbocycles. The van der Waals surface area contributed by atoms with Crippen LogP contribution in [0.2, 0.25) is 0 Å². The van der Waals surface area contributed by atoms with Crippen molar-refractivity contribution in [2.75, 3.05) is 14.2 Å². The molecule has 0 radical (unpaired) electrons. The Labute approximate surface area is 192 Å². The number of carbonyl (C=O) groups is 1. The van der Waals surface area contributed by atoms with Gasteiger partial charge in [0, 0.05) is 19.0 Å². The van der Waals surface area contributed by atoms with Gasteiger partial charge < -0.3 is 18.6 Å². The molecule has 4 aromatic rings. The van der Waals surface area contributed by atoms with Crippen LogP contribution < -0.4 is 15.0 Å². The molecule has 1 atom stereocenters. The van der Waals surface area contributed by atoms with Crippen LogP contribution in [0.25, 0.3) is 21.7 Å². The molecule has 0 spiro atoms. The smallest absolute Gasteiger partial charge is 0.306 e. The van der Waals surface area contributed by atoms with E-state index in [1.165, 1.54) is 36.5 Å². The maximum atomic E-state index is 12.8. The first-order valence-electron chi connectivity index (χ1n) is 10.2. The second-order valence-electron chi connectivity index (χ2n) is 7.13. The fraction of sp³-hybridized carbons (Fsp3) is 0.318. The molecule has 33 heavy (non-hydrogen) atoms. The topological polar surface area (TPSA) is 119 Å². The second kappa shape index (κ2) is 9.82. The molecule has 0 aliphatic carbocycles. The van der Waals surface area contributed by atoms with Crippen LogP contribution in [0.3, 0.4) is 0 Å².